The average Bonchev–Trinajstić information content (AvgIpc) is 2.13. The minimum atomic E-state index is -3.30. The molecule has 15 heavy (non-hydrogen) atoms. The molecule has 1 heterocycles. The molecular formula is C8H17Cl2NO3S. The van der Waals surface area contributed by atoms with Crippen LogP contribution in [0.25, 0.3) is 0 Å². The minimum Gasteiger partial charge on any atom is -0.379 e. The maximum Gasteiger partial charge on any atom is 0.232 e. The Labute approximate surface area is 102 Å². The van der Waals surface area contributed by atoms with Crippen LogP contribution in [0.5, 0.6) is 0 Å². The maximum absolute atomic E-state index is 10.6. The van der Waals surface area contributed by atoms with E-state index in [1.807, 2.05) is 0 Å². The number of halogens is 2. The zero-order chi connectivity index (χ0) is 10.4. The van der Waals surface area contributed by atoms with Gasteiger partial charge in [0.15, 0.2) is 0 Å². The summed E-state index contributed by atoms with van der Waals surface area (Å²) in [5, 5.41) is 0. The van der Waals surface area contributed by atoms with Gasteiger partial charge in [-0.1, -0.05) is 0 Å². The fraction of sp³-hybridized carbons (Fsp3) is 1.00. The van der Waals surface area contributed by atoms with Crippen LogP contribution in [0.3, 0.4) is 0 Å². The number of ether oxygens (including phenoxy) is 1. The number of nitrogens with zero attached hydrogens (tertiary/aromatic N) is 1. The SMILES string of the molecule is Cl.O=S(=O)(Cl)CCCCN1CCOCC1. The number of rotatable bonds is 5. The van der Waals surface area contributed by atoms with Gasteiger partial charge >= 0.3 is 0 Å². The number of hydrogen-bond acceptors (Lipinski definition) is 4. The van der Waals surface area contributed by atoms with Crippen molar-refractivity contribution in [2.45, 2.75) is 12.8 Å². The van der Waals surface area contributed by atoms with E-state index in [9.17, 15) is 8.42 Å². The van der Waals surface area contributed by atoms with E-state index in [0.29, 0.717) is 6.42 Å². The summed E-state index contributed by atoms with van der Waals surface area (Å²) in [7, 11) is 1.80. The summed E-state index contributed by atoms with van der Waals surface area (Å²) in [6, 6.07) is 0. The predicted octanol–water partition coefficient (Wildman–Crippen LogP) is 1.09. The highest BCUT2D eigenvalue weighted by Crippen LogP contribution is 2.04. The van der Waals surface area contributed by atoms with E-state index in [1.54, 1.807) is 0 Å². The Morgan fingerprint density at radius 2 is 1.80 bits per heavy atom. The standard InChI is InChI=1S/C8H16ClNO3S.ClH/c9-14(11,12)8-2-1-3-10-4-6-13-7-5-10;/h1-8H2;1H. The van der Waals surface area contributed by atoms with Crippen LogP contribution < -0.4 is 0 Å². The van der Waals surface area contributed by atoms with Gasteiger partial charge < -0.3 is 4.74 Å². The molecular weight excluding hydrogens is 261 g/mol. The maximum atomic E-state index is 10.6. The van der Waals surface area contributed by atoms with E-state index >= 15 is 0 Å². The Kier molecular flexibility index (Phi) is 7.91. The fourth-order valence-electron chi connectivity index (χ4n) is 1.43. The van der Waals surface area contributed by atoms with Gasteiger partial charge in [-0.05, 0) is 19.4 Å². The van der Waals surface area contributed by atoms with Crippen molar-refractivity contribution in [1.29, 1.82) is 0 Å². The van der Waals surface area contributed by atoms with Crippen LogP contribution >= 0.6 is 23.1 Å². The molecule has 92 valence electrons. The third-order valence-corrected chi connectivity index (χ3v) is 3.46. The van der Waals surface area contributed by atoms with Crippen LogP contribution in [0, 0.1) is 0 Å². The monoisotopic (exact) mass is 277 g/mol. The molecule has 1 saturated heterocycles. The van der Waals surface area contributed by atoms with Crippen LogP contribution in [0.4, 0.5) is 0 Å². The lowest BCUT2D eigenvalue weighted by Gasteiger charge is -2.26. The molecule has 0 saturated carbocycles. The first-order valence-electron chi connectivity index (χ1n) is 4.80. The summed E-state index contributed by atoms with van der Waals surface area (Å²) in [4.78, 5) is 2.28. The molecule has 0 bridgehead atoms. The molecule has 1 fully saturated rings. The zero-order valence-corrected chi connectivity index (χ0v) is 10.9. The van der Waals surface area contributed by atoms with Crippen LogP contribution in [0.2, 0.25) is 0 Å². The number of morpholine rings is 1. The normalized spacial score (nSPS) is 18.5. The van der Waals surface area contributed by atoms with Crippen molar-refractivity contribution in [3.63, 3.8) is 0 Å². The van der Waals surface area contributed by atoms with Gasteiger partial charge in [0.05, 0.1) is 19.0 Å². The van der Waals surface area contributed by atoms with Crippen LogP contribution in [-0.4, -0.2) is 51.9 Å². The largest absolute Gasteiger partial charge is 0.379 e. The first kappa shape index (κ1) is 15.4. The lowest BCUT2D eigenvalue weighted by atomic mass is 10.3. The quantitative estimate of drug-likeness (QED) is 0.558. The Morgan fingerprint density at radius 3 is 2.33 bits per heavy atom. The van der Waals surface area contributed by atoms with Gasteiger partial charge in [0.1, 0.15) is 0 Å². The molecule has 0 atom stereocenters. The van der Waals surface area contributed by atoms with Gasteiger partial charge in [-0.3, -0.25) is 4.90 Å². The molecule has 0 aromatic rings. The van der Waals surface area contributed by atoms with E-state index in [0.717, 1.165) is 39.3 Å². The van der Waals surface area contributed by atoms with Crippen LogP contribution in [-0.2, 0) is 13.8 Å². The van der Waals surface area contributed by atoms with E-state index in [4.69, 9.17) is 15.4 Å². The first-order chi connectivity index (χ1) is 6.58. The van der Waals surface area contributed by atoms with Crippen molar-refractivity contribution in [1.82, 2.24) is 4.90 Å². The molecule has 7 heteroatoms. The molecule has 0 amide bonds. The molecule has 0 spiro atoms. The Hall–Kier alpha value is 0.450. The third-order valence-electron chi connectivity index (χ3n) is 2.22. The highest BCUT2D eigenvalue weighted by atomic mass is 35.7. The number of hydrogen-bond donors (Lipinski definition) is 0. The van der Waals surface area contributed by atoms with Gasteiger partial charge in [-0.15, -0.1) is 12.4 Å². The second-order valence-corrected chi connectivity index (χ2v) is 6.30. The van der Waals surface area contributed by atoms with Gasteiger partial charge in [0, 0.05) is 23.8 Å². The van der Waals surface area contributed by atoms with E-state index in [-0.39, 0.29) is 18.2 Å². The molecule has 4 nitrogen and oxygen atoms in total. The molecule has 1 rings (SSSR count). The summed E-state index contributed by atoms with van der Waals surface area (Å²) in [5.41, 5.74) is 0. The third kappa shape index (κ3) is 8.28. The van der Waals surface area contributed by atoms with Crippen molar-refractivity contribution >= 4 is 32.1 Å². The predicted molar refractivity (Wildman–Crippen MR) is 63.4 cm³/mol. The van der Waals surface area contributed by atoms with E-state index < -0.39 is 9.05 Å². The lowest BCUT2D eigenvalue weighted by molar-refractivity contribution is 0.0374. The van der Waals surface area contributed by atoms with Crippen LogP contribution in [0.15, 0.2) is 0 Å². The summed E-state index contributed by atoms with van der Waals surface area (Å²) in [5.74, 6) is 0.0822. The van der Waals surface area contributed by atoms with Gasteiger partial charge in [-0.25, -0.2) is 8.42 Å². The lowest BCUT2D eigenvalue weighted by Crippen LogP contribution is -2.36. The molecule has 0 aromatic heterocycles. The zero-order valence-electron chi connectivity index (χ0n) is 8.52. The molecule has 1 aliphatic heterocycles. The summed E-state index contributed by atoms with van der Waals surface area (Å²) >= 11 is 0. The molecule has 0 N–H and O–H groups in total. The molecule has 0 aromatic carbocycles. The highest BCUT2D eigenvalue weighted by molar-refractivity contribution is 8.13. The van der Waals surface area contributed by atoms with Crippen molar-refractivity contribution in [3.8, 4) is 0 Å². The topological polar surface area (TPSA) is 46.6 Å². The second kappa shape index (κ2) is 7.68. The smallest absolute Gasteiger partial charge is 0.232 e. The average molecular weight is 278 g/mol. The molecule has 0 aliphatic carbocycles. The van der Waals surface area contributed by atoms with Crippen molar-refractivity contribution in [2.24, 2.45) is 0 Å². The van der Waals surface area contributed by atoms with Gasteiger partial charge in [-0.2, -0.15) is 0 Å². The van der Waals surface area contributed by atoms with Gasteiger partial charge in [0.2, 0.25) is 9.05 Å². The van der Waals surface area contributed by atoms with Crippen molar-refractivity contribution in [2.75, 3.05) is 38.6 Å². The first-order valence-corrected chi connectivity index (χ1v) is 7.28. The second-order valence-electron chi connectivity index (χ2n) is 3.40. The summed E-state index contributed by atoms with van der Waals surface area (Å²) < 4.78 is 26.4. The van der Waals surface area contributed by atoms with Crippen molar-refractivity contribution in [3.05, 3.63) is 0 Å². The minimum absolute atomic E-state index is 0. The van der Waals surface area contributed by atoms with Gasteiger partial charge in [0.25, 0.3) is 0 Å². The van der Waals surface area contributed by atoms with Crippen molar-refractivity contribution < 1.29 is 13.2 Å². The van der Waals surface area contributed by atoms with Crippen LogP contribution in [0.1, 0.15) is 12.8 Å². The molecule has 1 aliphatic rings. The summed E-state index contributed by atoms with van der Waals surface area (Å²) in [6.45, 7) is 4.42. The van der Waals surface area contributed by atoms with E-state index in [2.05, 4.69) is 4.90 Å². The fourth-order valence-corrected chi connectivity index (χ4v) is 2.31. The Balaban J connectivity index is 0.00000196. The molecule has 0 unspecified atom stereocenters. The Morgan fingerprint density at radius 1 is 1.20 bits per heavy atom. The molecule has 0 radical (unpaired) electrons. The number of unbranched alkanes of at least 4 members (excludes halogenated alkanes) is 1. The Bertz CT molecular complexity index is 253. The highest BCUT2D eigenvalue weighted by Gasteiger charge is 2.10. The van der Waals surface area contributed by atoms with E-state index in [1.165, 1.54) is 0 Å². The summed E-state index contributed by atoms with van der Waals surface area (Å²) in [6.07, 6.45) is 1.52.